The van der Waals surface area contributed by atoms with E-state index in [4.69, 9.17) is 41.8 Å². The molecule has 3 aromatic rings. The molecule has 1 amide bonds. The smallest absolute Gasteiger partial charge is 0.300 e. The van der Waals surface area contributed by atoms with E-state index in [9.17, 15) is 14.7 Å². The van der Waals surface area contributed by atoms with Crippen LogP contribution in [0.3, 0.4) is 0 Å². The number of ketones is 1. The van der Waals surface area contributed by atoms with E-state index in [1.54, 1.807) is 37.3 Å². The van der Waals surface area contributed by atoms with Crippen molar-refractivity contribution in [1.82, 2.24) is 0 Å². The van der Waals surface area contributed by atoms with Gasteiger partial charge in [-0.25, -0.2) is 0 Å². The standard InChI is InChI=1S/C24H17Cl2NO7/c1-11-3-5-17(34-11)20-19(21(28)14-7-12(25)8-15(26)23(14)31-2)22(29)24(30)27(20)13-4-6-16-18(9-13)33-10-32-16/h3-9,20,28H,10H2,1-2H3/b21-19-. The molecule has 0 bridgehead atoms. The maximum atomic E-state index is 13.3. The van der Waals surface area contributed by atoms with Crippen LogP contribution >= 0.6 is 23.2 Å². The average Bonchev–Trinajstić information content (AvgIpc) is 3.51. The molecule has 2 aromatic carbocycles. The number of methoxy groups -OCH3 is 1. The lowest BCUT2D eigenvalue weighted by atomic mass is 9.98. The van der Waals surface area contributed by atoms with Gasteiger partial charge < -0.3 is 23.7 Å². The molecule has 2 aliphatic rings. The van der Waals surface area contributed by atoms with Crippen LogP contribution in [-0.4, -0.2) is 30.7 Å². The van der Waals surface area contributed by atoms with Gasteiger partial charge in [0, 0.05) is 16.8 Å². The molecule has 8 nitrogen and oxygen atoms in total. The third kappa shape index (κ3) is 3.46. The molecule has 1 unspecified atom stereocenters. The van der Waals surface area contributed by atoms with Crippen LogP contribution in [0.5, 0.6) is 17.2 Å². The molecule has 174 valence electrons. The Kier molecular flexibility index (Phi) is 5.42. The molecule has 0 spiro atoms. The van der Waals surface area contributed by atoms with Crippen LogP contribution in [0.4, 0.5) is 5.69 Å². The molecule has 0 aliphatic carbocycles. The fourth-order valence-electron chi connectivity index (χ4n) is 4.09. The maximum Gasteiger partial charge on any atom is 0.300 e. The topological polar surface area (TPSA) is 98.4 Å². The van der Waals surface area contributed by atoms with E-state index in [0.717, 1.165) is 0 Å². The number of halogens is 2. The molecular formula is C24H17Cl2NO7. The van der Waals surface area contributed by atoms with Gasteiger partial charge in [0.05, 0.1) is 23.3 Å². The number of hydrogen-bond donors (Lipinski definition) is 1. The summed E-state index contributed by atoms with van der Waals surface area (Å²) < 4.78 is 21.9. The van der Waals surface area contributed by atoms with Crippen LogP contribution in [0, 0.1) is 6.92 Å². The summed E-state index contributed by atoms with van der Waals surface area (Å²) in [6, 6.07) is 9.97. The highest BCUT2D eigenvalue weighted by molar-refractivity contribution is 6.51. The number of aliphatic hydroxyl groups is 1. The second-order valence-corrected chi connectivity index (χ2v) is 8.47. The van der Waals surface area contributed by atoms with E-state index in [1.807, 2.05) is 0 Å². The van der Waals surface area contributed by atoms with Crippen LogP contribution in [0.25, 0.3) is 5.76 Å². The van der Waals surface area contributed by atoms with Crippen molar-refractivity contribution < 1.29 is 33.3 Å². The van der Waals surface area contributed by atoms with Crippen molar-refractivity contribution in [2.75, 3.05) is 18.8 Å². The molecular weight excluding hydrogens is 485 g/mol. The van der Waals surface area contributed by atoms with Crippen molar-refractivity contribution >= 4 is 46.3 Å². The second kappa shape index (κ2) is 8.30. The Bertz CT molecular complexity index is 1380. The van der Waals surface area contributed by atoms with Crippen LogP contribution in [0.1, 0.15) is 23.1 Å². The van der Waals surface area contributed by atoms with Crippen molar-refractivity contribution in [3.63, 3.8) is 0 Å². The van der Waals surface area contributed by atoms with Crippen LogP contribution in [0.2, 0.25) is 10.0 Å². The Labute approximate surface area is 203 Å². The number of aryl methyl sites for hydroxylation is 1. The minimum absolute atomic E-state index is 0.0493. The summed E-state index contributed by atoms with van der Waals surface area (Å²) in [5.74, 6) is -0.369. The lowest BCUT2D eigenvalue weighted by Crippen LogP contribution is -2.29. The average molecular weight is 502 g/mol. The lowest BCUT2D eigenvalue weighted by Gasteiger charge is -2.23. The third-order valence-electron chi connectivity index (χ3n) is 5.58. The first-order valence-electron chi connectivity index (χ1n) is 10.1. The van der Waals surface area contributed by atoms with Gasteiger partial charge in [-0.05, 0) is 43.3 Å². The van der Waals surface area contributed by atoms with Crippen molar-refractivity contribution in [2.45, 2.75) is 13.0 Å². The number of fused-ring (bicyclic) bond motifs is 1. The lowest BCUT2D eigenvalue weighted by molar-refractivity contribution is -0.132. The molecule has 0 saturated carbocycles. The summed E-state index contributed by atoms with van der Waals surface area (Å²) in [6.07, 6.45) is 0. The number of hydrogen-bond acceptors (Lipinski definition) is 7. The van der Waals surface area contributed by atoms with Crippen molar-refractivity contribution in [1.29, 1.82) is 0 Å². The van der Waals surface area contributed by atoms with E-state index < -0.39 is 23.5 Å². The van der Waals surface area contributed by atoms with Gasteiger partial charge >= 0.3 is 0 Å². The zero-order valence-electron chi connectivity index (χ0n) is 17.9. The predicted octanol–water partition coefficient (Wildman–Crippen LogP) is 5.26. The van der Waals surface area contributed by atoms with Gasteiger partial charge in [0.2, 0.25) is 6.79 Å². The van der Waals surface area contributed by atoms with E-state index >= 15 is 0 Å². The van der Waals surface area contributed by atoms with Crippen LogP contribution in [0.15, 0.2) is 52.5 Å². The molecule has 10 heteroatoms. The number of benzene rings is 2. The number of furan rings is 1. The highest BCUT2D eigenvalue weighted by Crippen LogP contribution is 2.46. The second-order valence-electron chi connectivity index (χ2n) is 7.62. The van der Waals surface area contributed by atoms with Crippen LogP contribution in [-0.2, 0) is 9.59 Å². The normalized spacial score (nSPS) is 18.6. The minimum Gasteiger partial charge on any atom is -0.507 e. The zero-order chi connectivity index (χ0) is 24.1. The summed E-state index contributed by atoms with van der Waals surface area (Å²) in [5, 5.41) is 11.7. The maximum absolute atomic E-state index is 13.3. The molecule has 1 saturated heterocycles. The fraction of sp³-hybridized carbons (Fsp3) is 0.167. The van der Waals surface area contributed by atoms with Crippen LogP contribution < -0.4 is 19.1 Å². The van der Waals surface area contributed by atoms with Gasteiger partial charge in [0.1, 0.15) is 29.1 Å². The van der Waals surface area contributed by atoms with Gasteiger partial charge in [-0.15, -0.1) is 0 Å². The van der Waals surface area contributed by atoms with Crippen molar-refractivity contribution in [3.8, 4) is 17.2 Å². The van der Waals surface area contributed by atoms with Gasteiger partial charge in [-0.2, -0.15) is 0 Å². The summed E-state index contributed by atoms with van der Waals surface area (Å²) >= 11 is 12.4. The summed E-state index contributed by atoms with van der Waals surface area (Å²) in [5.41, 5.74) is 0.228. The Balaban J connectivity index is 1.74. The van der Waals surface area contributed by atoms with Gasteiger partial charge in [0.25, 0.3) is 11.7 Å². The van der Waals surface area contributed by atoms with Crippen molar-refractivity contribution in [3.05, 3.63) is 75.2 Å². The van der Waals surface area contributed by atoms with Gasteiger partial charge in [-0.1, -0.05) is 23.2 Å². The Hall–Kier alpha value is -3.62. The number of aliphatic hydroxyl groups excluding tert-OH is 1. The van der Waals surface area contributed by atoms with Gasteiger partial charge in [0.15, 0.2) is 11.5 Å². The monoisotopic (exact) mass is 501 g/mol. The first-order valence-corrected chi connectivity index (χ1v) is 10.9. The predicted molar refractivity (Wildman–Crippen MR) is 124 cm³/mol. The highest BCUT2D eigenvalue weighted by Gasteiger charge is 2.49. The minimum atomic E-state index is -1.07. The van der Waals surface area contributed by atoms with E-state index in [2.05, 4.69) is 0 Å². The molecule has 1 fully saturated rings. The molecule has 1 aromatic heterocycles. The number of anilines is 1. The first kappa shape index (κ1) is 22.2. The Morgan fingerprint density at radius 3 is 2.56 bits per heavy atom. The van der Waals surface area contributed by atoms with E-state index in [-0.39, 0.29) is 39.5 Å². The number of Topliss-reactive ketones (excluding diaryl/α,β-unsaturated/α-hetero) is 1. The molecule has 0 radical (unpaired) electrons. The third-order valence-corrected chi connectivity index (χ3v) is 6.08. The number of carbonyl (C=O) groups excluding carboxylic acids is 2. The van der Waals surface area contributed by atoms with Crippen molar-refractivity contribution in [2.24, 2.45) is 0 Å². The Morgan fingerprint density at radius 2 is 1.85 bits per heavy atom. The van der Waals surface area contributed by atoms with E-state index in [0.29, 0.717) is 22.9 Å². The fourth-order valence-corrected chi connectivity index (χ4v) is 4.66. The first-order chi connectivity index (χ1) is 16.3. The molecule has 5 rings (SSSR count). The zero-order valence-corrected chi connectivity index (χ0v) is 19.4. The number of amides is 1. The molecule has 3 heterocycles. The Morgan fingerprint density at radius 1 is 1.09 bits per heavy atom. The summed E-state index contributed by atoms with van der Waals surface area (Å²) in [4.78, 5) is 27.8. The SMILES string of the molecule is COc1c(Cl)cc(Cl)cc1/C(O)=C1/C(=O)C(=O)N(c2ccc3c(c2)OCO3)C1c1ccc(C)o1. The van der Waals surface area contributed by atoms with E-state index in [1.165, 1.54) is 24.1 Å². The number of rotatable bonds is 4. The molecule has 2 aliphatic heterocycles. The largest absolute Gasteiger partial charge is 0.507 e. The number of ether oxygens (including phenoxy) is 3. The number of carbonyl (C=O) groups is 2. The van der Waals surface area contributed by atoms with Gasteiger partial charge in [-0.3, -0.25) is 14.5 Å². The molecule has 1 N–H and O–H groups in total. The summed E-state index contributed by atoms with van der Waals surface area (Å²) in [6.45, 7) is 1.78. The number of nitrogens with zero attached hydrogens (tertiary/aromatic N) is 1. The summed E-state index contributed by atoms with van der Waals surface area (Å²) in [7, 11) is 1.37. The highest BCUT2D eigenvalue weighted by atomic mass is 35.5. The molecule has 34 heavy (non-hydrogen) atoms. The quantitative estimate of drug-likeness (QED) is 0.295. The molecule has 1 atom stereocenters.